The van der Waals surface area contributed by atoms with E-state index in [4.69, 9.17) is 9.88 Å². The number of ether oxygens (including phenoxy) is 1. The third-order valence-corrected chi connectivity index (χ3v) is 4.09. The Balaban J connectivity index is 2.57. The summed E-state index contributed by atoms with van der Waals surface area (Å²) in [6.07, 6.45) is 0. The molecule has 2 aromatic rings. The number of hydrogen-bond acceptors (Lipinski definition) is 5. The molecule has 10 heteroatoms. The van der Waals surface area contributed by atoms with Crippen molar-refractivity contribution in [2.75, 3.05) is 13.7 Å². The van der Waals surface area contributed by atoms with E-state index in [0.717, 1.165) is 0 Å². The average Bonchev–Trinajstić information content (AvgIpc) is 2.83. The highest BCUT2D eigenvalue weighted by molar-refractivity contribution is 9.10. The fourth-order valence-corrected chi connectivity index (χ4v) is 2.75. The highest BCUT2D eigenvalue weighted by atomic mass is 79.9. The molecule has 0 aliphatic rings. The topological polar surface area (TPSA) is 100 Å². The molecule has 1 heterocycles. The van der Waals surface area contributed by atoms with Crippen molar-refractivity contribution in [2.45, 2.75) is 11.7 Å². The summed E-state index contributed by atoms with van der Waals surface area (Å²) in [6, 6.07) is 4.20. The van der Waals surface area contributed by atoms with Gasteiger partial charge in [0.05, 0.1) is 17.6 Å². The molecule has 7 nitrogen and oxygen atoms in total. The van der Waals surface area contributed by atoms with E-state index in [2.05, 4.69) is 26.1 Å². The number of primary sulfonamides is 1. The largest absolute Gasteiger partial charge is 0.383 e. The molecule has 0 saturated carbocycles. The van der Waals surface area contributed by atoms with Crippen LogP contribution in [0.25, 0.3) is 11.4 Å². The Hall–Kier alpha value is -1.36. The van der Waals surface area contributed by atoms with Gasteiger partial charge >= 0.3 is 0 Å². The number of halogens is 2. The fraction of sp³-hybridized carbons (Fsp3) is 0.273. The van der Waals surface area contributed by atoms with Gasteiger partial charge in [-0.1, -0.05) is 0 Å². The van der Waals surface area contributed by atoms with Gasteiger partial charge < -0.3 is 4.74 Å². The van der Waals surface area contributed by atoms with Gasteiger partial charge in [-0.05, 0) is 34.1 Å². The van der Waals surface area contributed by atoms with Gasteiger partial charge in [-0.3, -0.25) is 4.57 Å². The van der Waals surface area contributed by atoms with Crippen LogP contribution >= 0.6 is 15.9 Å². The summed E-state index contributed by atoms with van der Waals surface area (Å²) < 4.78 is 42.8. The number of hydrogen-bond donors (Lipinski definition) is 1. The molecule has 0 fully saturated rings. The van der Waals surface area contributed by atoms with Crippen molar-refractivity contribution in [3.8, 4) is 11.4 Å². The second-order valence-electron chi connectivity index (χ2n) is 4.12. The first-order chi connectivity index (χ1) is 9.84. The Morgan fingerprint density at radius 3 is 2.71 bits per heavy atom. The minimum absolute atomic E-state index is 0.194. The predicted molar refractivity (Wildman–Crippen MR) is 76.4 cm³/mol. The number of methoxy groups -OCH3 is 1. The van der Waals surface area contributed by atoms with Gasteiger partial charge in [0, 0.05) is 12.7 Å². The lowest BCUT2D eigenvalue weighted by Crippen LogP contribution is -2.20. The molecule has 0 radical (unpaired) electrons. The van der Waals surface area contributed by atoms with Crippen molar-refractivity contribution >= 4 is 26.0 Å². The van der Waals surface area contributed by atoms with Crippen LogP contribution in [-0.4, -0.2) is 36.9 Å². The minimum atomic E-state index is -4.02. The van der Waals surface area contributed by atoms with Gasteiger partial charge in [-0.15, -0.1) is 10.2 Å². The minimum Gasteiger partial charge on any atom is -0.383 e. The Kier molecular flexibility index (Phi) is 4.71. The highest BCUT2D eigenvalue weighted by Gasteiger charge is 2.22. The van der Waals surface area contributed by atoms with Gasteiger partial charge in [0.15, 0.2) is 5.82 Å². The lowest BCUT2D eigenvalue weighted by Gasteiger charge is -2.09. The summed E-state index contributed by atoms with van der Waals surface area (Å²) >= 11 is 3.07. The molecule has 0 aliphatic heterocycles. The summed E-state index contributed by atoms with van der Waals surface area (Å²) in [4.78, 5) is 0. The molecule has 0 bridgehead atoms. The fourth-order valence-electron chi connectivity index (χ4n) is 1.73. The maximum Gasteiger partial charge on any atom is 0.273 e. The van der Waals surface area contributed by atoms with E-state index in [9.17, 15) is 12.8 Å². The van der Waals surface area contributed by atoms with E-state index in [1.807, 2.05) is 0 Å². The van der Waals surface area contributed by atoms with Crippen molar-refractivity contribution in [3.05, 3.63) is 28.5 Å². The van der Waals surface area contributed by atoms with Crippen molar-refractivity contribution in [1.82, 2.24) is 14.8 Å². The molecular weight excluding hydrogens is 367 g/mol. The van der Waals surface area contributed by atoms with E-state index in [0.29, 0.717) is 5.56 Å². The van der Waals surface area contributed by atoms with Crippen LogP contribution in [0.4, 0.5) is 4.39 Å². The second-order valence-corrected chi connectivity index (χ2v) is 6.43. The molecule has 21 heavy (non-hydrogen) atoms. The standard InChI is InChI=1S/C11H12BrFN4O3S/c1-20-5-4-17-10(15-16-11(17)21(14,18)19)7-2-3-9(13)8(12)6-7/h2-3,6H,4-5H2,1H3,(H2,14,18,19). The molecule has 0 aliphatic carbocycles. The highest BCUT2D eigenvalue weighted by Crippen LogP contribution is 2.25. The van der Waals surface area contributed by atoms with E-state index >= 15 is 0 Å². The first-order valence-electron chi connectivity index (χ1n) is 5.75. The molecule has 2 rings (SSSR count). The molecule has 1 aromatic carbocycles. The predicted octanol–water partition coefficient (Wildman–Crippen LogP) is 1.14. The van der Waals surface area contributed by atoms with Crippen molar-refractivity contribution in [1.29, 1.82) is 0 Å². The van der Waals surface area contributed by atoms with Crippen molar-refractivity contribution in [2.24, 2.45) is 5.14 Å². The summed E-state index contributed by atoms with van der Waals surface area (Å²) in [5.41, 5.74) is 0.502. The first kappa shape index (κ1) is 16.0. The van der Waals surface area contributed by atoms with Crippen LogP contribution < -0.4 is 5.14 Å². The summed E-state index contributed by atoms with van der Waals surface area (Å²) in [6.45, 7) is 0.440. The molecule has 0 amide bonds. The smallest absolute Gasteiger partial charge is 0.273 e. The monoisotopic (exact) mass is 378 g/mol. The summed E-state index contributed by atoms with van der Waals surface area (Å²) in [5.74, 6) is -0.176. The lowest BCUT2D eigenvalue weighted by molar-refractivity contribution is 0.185. The Labute approximate surface area is 129 Å². The van der Waals surface area contributed by atoms with E-state index in [-0.39, 0.29) is 28.6 Å². The number of benzene rings is 1. The third-order valence-electron chi connectivity index (χ3n) is 2.67. The zero-order valence-electron chi connectivity index (χ0n) is 11.0. The van der Waals surface area contributed by atoms with Crippen LogP contribution in [-0.2, 0) is 21.3 Å². The molecule has 2 N–H and O–H groups in total. The molecule has 114 valence electrons. The second kappa shape index (κ2) is 6.18. The summed E-state index contributed by atoms with van der Waals surface area (Å²) in [7, 11) is -2.54. The molecule has 0 unspecified atom stereocenters. The maximum absolute atomic E-state index is 13.3. The molecule has 1 aromatic heterocycles. The van der Waals surface area contributed by atoms with Crippen LogP contribution in [0, 0.1) is 5.82 Å². The number of sulfonamides is 1. The van der Waals surface area contributed by atoms with Crippen molar-refractivity contribution in [3.63, 3.8) is 0 Å². The molecule has 0 saturated heterocycles. The SMILES string of the molecule is COCCn1c(-c2ccc(F)c(Br)c2)nnc1S(N)(=O)=O. The Morgan fingerprint density at radius 2 is 2.14 bits per heavy atom. The van der Waals surface area contributed by atoms with Gasteiger partial charge in [0.25, 0.3) is 15.2 Å². The maximum atomic E-state index is 13.3. The zero-order valence-corrected chi connectivity index (χ0v) is 13.4. The van der Waals surface area contributed by atoms with E-state index in [1.165, 1.54) is 29.9 Å². The Bertz CT molecular complexity index is 763. The molecule has 0 atom stereocenters. The van der Waals surface area contributed by atoms with Gasteiger partial charge in [-0.2, -0.15) is 0 Å². The first-order valence-corrected chi connectivity index (χ1v) is 8.09. The molecule has 0 spiro atoms. The van der Waals surface area contributed by atoms with Crippen LogP contribution in [0.2, 0.25) is 0 Å². The molecular formula is C11H12BrFN4O3S. The normalized spacial score (nSPS) is 11.8. The zero-order chi connectivity index (χ0) is 15.6. The van der Waals surface area contributed by atoms with Crippen LogP contribution in [0.1, 0.15) is 0 Å². The van der Waals surface area contributed by atoms with Crippen LogP contribution in [0.5, 0.6) is 0 Å². The van der Waals surface area contributed by atoms with Crippen LogP contribution in [0.3, 0.4) is 0 Å². The number of rotatable bonds is 5. The Morgan fingerprint density at radius 1 is 1.43 bits per heavy atom. The average molecular weight is 379 g/mol. The van der Waals surface area contributed by atoms with E-state index in [1.54, 1.807) is 0 Å². The lowest BCUT2D eigenvalue weighted by atomic mass is 10.2. The van der Waals surface area contributed by atoms with Gasteiger partial charge in [-0.25, -0.2) is 17.9 Å². The number of aromatic nitrogens is 3. The van der Waals surface area contributed by atoms with Crippen LogP contribution in [0.15, 0.2) is 27.8 Å². The van der Waals surface area contributed by atoms with Crippen molar-refractivity contribution < 1.29 is 17.5 Å². The number of nitrogens with two attached hydrogens (primary N) is 1. The number of nitrogens with zero attached hydrogens (tertiary/aromatic N) is 3. The van der Waals surface area contributed by atoms with Gasteiger partial charge in [0.2, 0.25) is 0 Å². The summed E-state index contributed by atoms with van der Waals surface area (Å²) in [5, 5.41) is 12.2. The van der Waals surface area contributed by atoms with Gasteiger partial charge in [0.1, 0.15) is 5.82 Å². The quantitative estimate of drug-likeness (QED) is 0.840. The van der Waals surface area contributed by atoms with E-state index < -0.39 is 15.8 Å². The third kappa shape index (κ3) is 3.46.